The van der Waals surface area contributed by atoms with Crippen LogP contribution in [0.3, 0.4) is 0 Å². The minimum Gasteiger partial charge on any atom is -0.427 e. The van der Waals surface area contributed by atoms with Gasteiger partial charge in [-0.25, -0.2) is 4.79 Å². The highest BCUT2D eigenvalue weighted by Crippen LogP contribution is 2.16. The molecule has 0 radical (unpaired) electrons. The Balaban J connectivity index is 2.28. The molecule has 0 aromatic heterocycles. The SMILES string of the molecule is CCC(C)(C)OC(=O)ON1CCCCC1. The average molecular weight is 215 g/mol. The minimum absolute atomic E-state index is 0.438. The van der Waals surface area contributed by atoms with Crippen molar-refractivity contribution in [3.8, 4) is 0 Å². The van der Waals surface area contributed by atoms with E-state index in [2.05, 4.69) is 0 Å². The first-order valence-corrected chi connectivity index (χ1v) is 5.69. The summed E-state index contributed by atoms with van der Waals surface area (Å²) < 4.78 is 5.19. The molecular formula is C11H21NO3. The lowest BCUT2D eigenvalue weighted by molar-refractivity contribution is -0.152. The molecule has 1 saturated heterocycles. The molecule has 0 aliphatic carbocycles. The summed E-state index contributed by atoms with van der Waals surface area (Å²) >= 11 is 0. The highest BCUT2D eigenvalue weighted by molar-refractivity contribution is 5.60. The third-order valence-electron chi connectivity index (χ3n) is 2.73. The van der Waals surface area contributed by atoms with Crippen LogP contribution in [0.1, 0.15) is 46.5 Å². The zero-order valence-corrected chi connectivity index (χ0v) is 9.91. The van der Waals surface area contributed by atoms with E-state index in [0.717, 1.165) is 32.4 Å². The molecule has 1 rings (SSSR count). The smallest absolute Gasteiger partial charge is 0.427 e. The van der Waals surface area contributed by atoms with Gasteiger partial charge in [-0.15, -0.1) is 5.06 Å². The van der Waals surface area contributed by atoms with Crippen LogP contribution in [0.25, 0.3) is 0 Å². The first-order valence-electron chi connectivity index (χ1n) is 5.69. The molecule has 0 atom stereocenters. The van der Waals surface area contributed by atoms with Crippen molar-refractivity contribution in [2.45, 2.75) is 52.1 Å². The summed E-state index contributed by atoms with van der Waals surface area (Å²) in [6.45, 7) is 7.38. The van der Waals surface area contributed by atoms with Crippen LogP contribution in [0, 0.1) is 0 Å². The second-order valence-corrected chi connectivity index (χ2v) is 4.55. The van der Waals surface area contributed by atoms with E-state index < -0.39 is 11.8 Å². The second-order valence-electron chi connectivity index (χ2n) is 4.55. The molecule has 1 heterocycles. The topological polar surface area (TPSA) is 38.8 Å². The Morgan fingerprint density at radius 1 is 1.27 bits per heavy atom. The van der Waals surface area contributed by atoms with Crippen molar-refractivity contribution in [1.82, 2.24) is 5.06 Å². The summed E-state index contributed by atoms with van der Waals surface area (Å²) in [7, 11) is 0. The number of carbonyl (C=O) groups is 1. The van der Waals surface area contributed by atoms with Crippen molar-refractivity contribution in [1.29, 1.82) is 0 Å². The maximum Gasteiger partial charge on any atom is 0.528 e. The second kappa shape index (κ2) is 5.35. The van der Waals surface area contributed by atoms with Gasteiger partial charge in [0.25, 0.3) is 0 Å². The van der Waals surface area contributed by atoms with Gasteiger partial charge in [-0.05, 0) is 33.1 Å². The first kappa shape index (κ1) is 12.3. The molecule has 1 aliphatic rings. The number of nitrogens with zero attached hydrogens (tertiary/aromatic N) is 1. The molecule has 0 amide bonds. The van der Waals surface area contributed by atoms with Crippen molar-refractivity contribution in [2.24, 2.45) is 0 Å². The molecule has 88 valence electrons. The molecule has 4 heteroatoms. The highest BCUT2D eigenvalue weighted by Gasteiger charge is 2.24. The quantitative estimate of drug-likeness (QED) is 0.678. The number of carbonyl (C=O) groups excluding carboxylic acids is 1. The third kappa shape index (κ3) is 4.51. The highest BCUT2D eigenvalue weighted by atomic mass is 16.8. The molecule has 0 unspecified atom stereocenters. The fourth-order valence-corrected chi connectivity index (χ4v) is 1.38. The van der Waals surface area contributed by atoms with Gasteiger partial charge in [0, 0.05) is 13.1 Å². The van der Waals surface area contributed by atoms with Crippen LogP contribution in [0.5, 0.6) is 0 Å². The number of piperidine rings is 1. The van der Waals surface area contributed by atoms with E-state index in [-0.39, 0.29) is 0 Å². The fourth-order valence-electron chi connectivity index (χ4n) is 1.38. The van der Waals surface area contributed by atoms with Crippen molar-refractivity contribution in [3.63, 3.8) is 0 Å². The first-order chi connectivity index (χ1) is 7.03. The standard InChI is InChI=1S/C11H21NO3/c1-4-11(2,3)14-10(13)15-12-8-6-5-7-9-12/h4-9H2,1-3H3. The molecule has 15 heavy (non-hydrogen) atoms. The molecule has 1 fully saturated rings. The van der Waals surface area contributed by atoms with Gasteiger partial charge in [-0.1, -0.05) is 13.3 Å². The van der Waals surface area contributed by atoms with E-state index in [1.165, 1.54) is 6.42 Å². The van der Waals surface area contributed by atoms with Crippen LogP contribution < -0.4 is 0 Å². The molecule has 0 bridgehead atoms. The Bertz CT molecular complexity index is 210. The maximum absolute atomic E-state index is 11.4. The van der Waals surface area contributed by atoms with E-state index in [4.69, 9.17) is 9.57 Å². The van der Waals surface area contributed by atoms with Gasteiger partial charge in [-0.2, -0.15) is 0 Å². The summed E-state index contributed by atoms with van der Waals surface area (Å²) in [5, 5.41) is 1.69. The zero-order chi connectivity index (χ0) is 11.3. The molecule has 0 aromatic carbocycles. The van der Waals surface area contributed by atoms with Crippen LogP contribution in [0.4, 0.5) is 4.79 Å². The summed E-state index contributed by atoms with van der Waals surface area (Å²) in [6, 6.07) is 0. The van der Waals surface area contributed by atoms with Gasteiger partial charge >= 0.3 is 6.16 Å². The molecule has 4 nitrogen and oxygen atoms in total. The van der Waals surface area contributed by atoms with Crippen molar-refractivity contribution < 1.29 is 14.4 Å². The number of hydrogen-bond acceptors (Lipinski definition) is 4. The van der Waals surface area contributed by atoms with Gasteiger partial charge in [0.1, 0.15) is 5.60 Å². The number of hydroxylamine groups is 2. The van der Waals surface area contributed by atoms with Crippen molar-refractivity contribution in [3.05, 3.63) is 0 Å². The Morgan fingerprint density at radius 2 is 1.87 bits per heavy atom. The Morgan fingerprint density at radius 3 is 2.40 bits per heavy atom. The van der Waals surface area contributed by atoms with E-state index in [1.807, 2.05) is 20.8 Å². The number of ether oxygens (including phenoxy) is 1. The lowest BCUT2D eigenvalue weighted by Crippen LogP contribution is -2.36. The monoisotopic (exact) mass is 215 g/mol. The van der Waals surface area contributed by atoms with Gasteiger partial charge in [0.05, 0.1) is 0 Å². The van der Waals surface area contributed by atoms with Crippen LogP contribution in [0.2, 0.25) is 0 Å². The van der Waals surface area contributed by atoms with E-state index in [1.54, 1.807) is 5.06 Å². The summed E-state index contributed by atoms with van der Waals surface area (Å²) in [4.78, 5) is 16.5. The maximum atomic E-state index is 11.4. The summed E-state index contributed by atoms with van der Waals surface area (Å²) in [6.07, 6.45) is 3.59. The minimum atomic E-state index is -0.580. The molecule has 1 aliphatic heterocycles. The number of rotatable bonds is 3. The predicted molar refractivity (Wildman–Crippen MR) is 57.4 cm³/mol. The largest absolute Gasteiger partial charge is 0.528 e. The molecule has 0 aromatic rings. The predicted octanol–water partition coefficient (Wildman–Crippen LogP) is 2.73. The Labute approximate surface area is 91.5 Å². The van der Waals surface area contributed by atoms with Crippen LogP contribution in [0.15, 0.2) is 0 Å². The van der Waals surface area contributed by atoms with Crippen molar-refractivity contribution in [2.75, 3.05) is 13.1 Å². The lowest BCUT2D eigenvalue weighted by Gasteiger charge is -2.27. The zero-order valence-electron chi connectivity index (χ0n) is 9.91. The van der Waals surface area contributed by atoms with Crippen LogP contribution >= 0.6 is 0 Å². The van der Waals surface area contributed by atoms with Gasteiger partial charge in [0.15, 0.2) is 0 Å². The Kier molecular flexibility index (Phi) is 4.39. The van der Waals surface area contributed by atoms with Gasteiger partial charge < -0.3 is 9.57 Å². The normalized spacial score (nSPS) is 18.6. The average Bonchev–Trinajstić information content (AvgIpc) is 2.18. The van der Waals surface area contributed by atoms with Crippen LogP contribution in [-0.2, 0) is 9.57 Å². The Hall–Kier alpha value is -0.770. The third-order valence-corrected chi connectivity index (χ3v) is 2.73. The molecule has 0 saturated carbocycles. The van der Waals surface area contributed by atoms with Crippen molar-refractivity contribution >= 4 is 6.16 Å². The van der Waals surface area contributed by atoms with Gasteiger partial charge in [-0.3, -0.25) is 0 Å². The molecular weight excluding hydrogens is 194 g/mol. The summed E-state index contributed by atoms with van der Waals surface area (Å²) in [5.41, 5.74) is -0.438. The fraction of sp³-hybridized carbons (Fsp3) is 0.909. The van der Waals surface area contributed by atoms with Gasteiger partial charge in [0.2, 0.25) is 0 Å². The molecule has 0 spiro atoms. The number of hydrogen-bond donors (Lipinski definition) is 0. The van der Waals surface area contributed by atoms with E-state index in [0.29, 0.717) is 0 Å². The molecule has 0 N–H and O–H groups in total. The lowest BCUT2D eigenvalue weighted by atomic mass is 10.1. The van der Waals surface area contributed by atoms with E-state index >= 15 is 0 Å². The van der Waals surface area contributed by atoms with Crippen LogP contribution in [-0.4, -0.2) is 29.9 Å². The summed E-state index contributed by atoms with van der Waals surface area (Å²) in [5.74, 6) is 0. The van der Waals surface area contributed by atoms with E-state index in [9.17, 15) is 4.79 Å².